The fourth-order valence-corrected chi connectivity index (χ4v) is 8.86. The van der Waals surface area contributed by atoms with Crippen molar-refractivity contribution in [2.45, 2.75) is 81.5 Å². The summed E-state index contributed by atoms with van der Waals surface area (Å²) in [7, 11) is 0. The Morgan fingerprint density at radius 1 is 1.17 bits per heavy atom. The zero-order valence-electron chi connectivity index (χ0n) is 21.3. The van der Waals surface area contributed by atoms with Gasteiger partial charge in [0, 0.05) is 17.8 Å². The Morgan fingerprint density at radius 3 is 2.51 bits per heavy atom. The first-order valence-electron chi connectivity index (χ1n) is 12.9. The van der Waals surface area contributed by atoms with Gasteiger partial charge in [0.05, 0.1) is 29.2 Å². The molecule has 1 aromatic rings. The van der Waals surface area contributed by atoms with Crippen molar-refractivity contribution in [3.8, 4) is 0 Å². The third-order valence-corrected chi connectivity index (χ3v) is 9.94. The first-order chi connectivity index (χ1) is 16.7. The molecule has 0 radical (unpaired) electrons. The number of nitrogens with one attached hydrogen (secondary N) is 2. The summed E-state index contributed by atoms with van der Waals surface area (Å²) in [5.74, 6) is -1.23. The number of benzene rings is 1. The molecule has 4 rings (SSSR count). The van der Waals surface area contributed by atoms with Gasteiger partial charge in [0.2, 0.25) is 17.7 Å². The van der Waals surface area contributed by atoms with Crippen molar-refractivity contribution < 1.29 is 19.5 Å². The number of carbonyl (C=O) groups is 3. The number of nitrogens with zero attached hydrogens (tertiary/aromatic N) is 1. The quantitative estimate of drug-likeness (QED) is 0.458. The summed E-state index contributed by atoms with van der Waals surface area (Å²) in [6.07, 6.45) is 2.92. The highest BCUT2D eigenvalue weighted by Gasteiger charge is 2.77. The maximum absolute atomic E-state index is 14.1. The molecule has 35 heavy (non-hydrogen) atoms. The van der Waals surface area contributed by atoms with Crippen molar-refractivity contribution in [1.82, 2.24) is 15.5 Å². The molecule has 8 heteroatoms. The van der Waals surface area contributed by atoms with E-state index < -0.39 is 28.7 Å². The summed E-state index contributed by atoms with van der Waals surface area (Å²) in [5, 5.41) is 16.4. The minimum absolute atomic E-state index is 0.0866. The lowest BCUT2D eigenvalue weighted by atomic mass is 9.66. The second-order valence-electron chi connectivity index (χ2n) is 10.9. The van der Waals surface area contributed by atoms with E-state index in [1.54, 1.807) is 16.7 Å². The maximum atomic E-state index is 14.1. The monoisotopic (exact) mass is 501 g/mol. The Kier molecular flexibility index (Phi) is 7.53. The van der Waals surface area contributed by atoms with Gasteiger partial charge in [-0.25, -0.2) is 0 Å². The molecular formula is C27H39N3O4S. The lowest BCUT2D eigenvalue weighted by molar-refractivity contribution is -0.143. The van der Waals surface area contributed by atoms with Crippen LogP contribution in [0.3, 0.4) is 0 Å². The molecule has 2 bridgehead atoms. The van der Waals surface area contributed by atoms with Gasteiger partial charge in [-0.15, -0.1) is 11.8 Å². The van der Waals surface area contributed by atoms with Gasteiger partial charge in [-0.3, -0.25) is 14.4 Å². The van der Waals surface area contributed by atoms with Crippen molar-refractivity contribution in [2.24, 2.45) is 17.8 Å². The van der Waals surface area contributed by atoms with Crippen LogP contribution in [0.5, 0.6) is 0 Å². The SMILES string of the molecule is CCCNC(=O)[C@H]1[C@H]2C(=O)N([C@@H](CO)CC(C)C)C(C(=O)NCc3ccccc3)C23CC[C@]1(C)S3. The van der Waals surface area contributed by atoms with Gasteiger partial charge in [0.1, 0.15) is 6.04 Å². The van der Waals surface area contributed by atoms with Gasteiger partial charge in [0.15, 0.2) is 0 Å². The number of hydrogen-bond acceptors (Lipinski definition) is 5. The van der Waals surface area contributed by atoms with E-state index in [1.165, 1.54) is 0 Å². The third-order valence-electron chi connectivity index (χ3n) is 7.95. The highest BCUT2D eigenvalue weighted by Crippen LogP contribution is 2.71. The average Bonchev–Trinajstić information content (AvgIpc) is 3.40. The number of hydrogen-bond donors (Lipinski definition) is 3. The van der Waals surface area contributed by atoms with Gasteiger partial charge in [-0.05, 0) is 44.1 Å². The van der Waals surface area contributed by atoms with E-state index in [0.717, 1.165) is 18.4 Å². The number of carbonyl (C=O) groups excluding carboxylic acids is 3. The molecule has 1 aromatic carbocycles. The zero-order chi connectivity index (χ0) is 25.4. The highest BCUT2D eigenvalue weighted by atomic mass is 32.2. The minimum Gasteiger partial charge on any atom is -0.394 e. The molecule has 0 aliphatic carbocycles. The van der Waals surface area contributed by atoms with Crippen LogP contribution in [-0.2, 0) is 20.9 Å². The van der Waals surface area contributed by atoms with Crippen LogP contribution in [0.2, 0.25) is 0 Å². The van der Waals surface area contributed by atoms with Gasteiger partial charge in [0.25, 0.3) is 0 Å². The number of amides is 3. The molecule has 0 saturated carbocycles. The Hall–Kier alpha value is -2.06. The van der Waals surface area contributed by atoms with Crippen LogP contribution in [0.15, 0.2) is 30.3 Å². The fraction of sp³-hybridized carbons (Fsp3) is 0.667. The van der Waals surface area contributed by atoms with Gasteiger partial charge in [-0.2, -0.15) is 0 Å². The lowest BCUT2D eigenvalue weighted by Gasteiger charge is -2.37. The normalized spacial score (nSPS) is 32.1. The summed E-state index contributed by atoms with van der Waals surface area (Å²) in [6, 6.07) is 8.54. The van der Waals surface area contributed by atoms with E-state index in [4.69, 9.17) is 0 Å². The fourth-order valence-electron chi connectivity index (χ4n) is 6.52. The van der Waals surface area contributed by atoms with Crippen LogP contribution < -0.4 is 10.6 Å². The van der Waals surface area contributed by atoms with Gasteiger partial charge < -0.3 is 20.6 Å². The number of thioether (sulfide) groups is 1. The molecule has 192 valence electrons. The first kappa shape index (κ1) is 26.0. The van der Waals surface area contributed by atoms with E-state index in [9.17, 15) is 19.5 Å². The topological polar surface area (TPSA) is 98.7 Å². The van der Waals surface area contributed by atoms with Crippen LogP contribution >= 0.6 is 11.8 Å². The summed E-state index contributed by atoms with van der Waals surface area (Å²) in [6.45, 7) is 8.92. The molecule has 3 N–H and O–H groups in total. The Balaban J connectivity index is 1.70. The molecule has 3 amide bonds. The number of aliphatic hydroxyl groups excluding tert-OH is 1. The third kappa shape index (κ3) is 4.48. The molecule has 3 heterocycles. The number of likely N-dealkylation sites (tertiary alicyclic amines) is 1. The van der Waals surface area contributed by atoms with Crippen molar-refractivity contribution in [1.29, 1.82) is 0 Å². The smallest absolute Gasteiger partial charge is 0.244 e. The largest absolute Gasteiger partial charge is 0.394 e. The predicted molar refractivity (Wildman–Crippen MR) is 137 cm³/mol. The summed E-state index contributed by atoms with van der Waals surface area (Å²) in [4.78, 5) is 43.0. The molecule has 2 unspecified atom stereocenters. The molecule has 0 aromatic heterocycles. The molecule has 3 fully saturated rings. The van der Waals surface area contributed by atoms with Crippen LogP contribution in [-0.4, -0.2) is 62.5 Å². The highest BCUT2D eigenvalue weighted by molar-refractivity contribution is 8.02. The average molecular weight is 502 g/mol. The maximum Gasteiger partial charge on any atom is 0.244 e. The standard InChI is InChI=1S/C27H39N3O4S/c1-5-13-28-23(32)20-21-25(34)30(19(16-31)14-17(2)3)22(27(21)12-11-26(20,4)35-27)24(33)29-15-18-9-7-6-8-10-18/h6-10,17,19-22,31H,5,11-16H2,1-4H3,(H,28,32)(H,29,33)/t19-,20-,21+,22?,26+,27?/m1/s1. The number of fused-ring (bicyclic) bond motifs is 1. The van der Waals surface area contributed by atoms with Crippen molar-refractivity contribution in [3.05, 3.63) is 35.9 Å². The molecule has 3 aliphatic heterocycles. The second-order valence-corrected chi connectivity index (χ2v) is 12.8. The van der Waals surface area contributed by atoms with Crippen molar-refractivity contribution in [3.63, 3.8) is 0 Å². The zero-order valence-corrected chi connectivity index (χ0v) is 22.1. The van der Waals surface area contributed by atoms with Crippen LogP contribution in [0.25, 0.3) is 0 Å². The molecule has 1 spiro atoms. The summed E-state index contributed by atoms with van der Waals surface area (Å²) >= 11 is 1.67. The molecule has 7 nitrogen and oxygen atoms in total. The van der Waals surface area contributed by atoms with Crippen LogP contribution in [0, 0.1) is 17.8 Å². The van der Waals surface area contributed by atoms with Crippen LogP contribution in [0.4, 0.5) is 0 Å². The minimum atomic E-state index is -0.713. The predicted octanol–water partition coefficient (Wildman–Crippen LogP) is 2.72. The van der Waals surface area contributed by atoms with E-state index in [1.807, 2.05) is 37.3 Å². The Morgan fingerprint density at radius 2 is 1.89 bits per heavy atom. The van der Waals surface area contributed by atoms with Crippen LogP contribution in [0.1, 0.15) is 58.9 Å². The van der Waals surface area contributed by atoms with Crippen molar-refractivity contribution in [2.75, 3.05) is 13.2 Å². The number of rotatable bonds is 10. The van der Waals surface area contributed by atoms with E-state index in [2.05, 4.69) is 31.4 Å². The Bertz CT molecular complexity index is 957. The van der Waals surface area contributed by atoms with E-state index in [-0.39, 0.29) is 35.0 Å². The van der Waals surface area contributed by atoms with E-state index in [0.29, 0.717) is 25.9 Å². The Labute approximate surface area is 212 Å². The summed E-state index contributed by atoms with van der Waals surface area (Å²) in [5.41, 5.74) is 0.985. The number of aliphatic hydroxyl groups is 1. The molecular weight excluding hydrogens is 462 g/mol. The second kappa shape index (κ2) is 10.1. The first-order valence-corrected chi connectivity index (χ1v) is 13.7. The lowest BCUT2D eigenvalue weighted by Crippen LogP contribution is -2.56. The molecule has 3 aliphatic rings. The van der Waals surface area contributed by atoms with Gasteiger partial charge in [-0.1, -0.05) is 51.1 Å². The molecule has 6 atom stereocenters. The molecule has 3 saturated heterocycles. The van der Waals surface area contributed by atoms with Gasteiger partial charge >= 0.3 is 0 Å². The van der Waals surface area contributed by atoms with Crippen molar-refractivity contribution >= 4 is 29.5 Å². The van der Waals surface area contributed by atoms with E-state index >= 15 is 0 Å². The summed E-state index contributed by atoms with van der Waals surface area (Å²) < 4.78 is -1.04.